The third kappa shape index (κ3) is 4.37. The molecule has 2 aromatic rings. The van der Waals surface area contributed by atoms with Gasteiger partial charge in [0.25, 0.3) is 0 Å². The van der Waals surface area contributed by atoms with Gasteiger partial charge in [0.1, 0.15) is 5.75 Å². The van der Waals surface area contributed by atoms with E-state index >= 15 is 0 Å². The van der Waals surface area contributed by atoms with Gasteiger partial charge in [0.05, 0.1) is 18.0 Å². The summed E-state index contributed by atoms with van der Waals surface area (Å²) in [6.45, 7) is 3.82. The maximum atomic E-state index is 12.3. The first-order chi connectivity index (χ1) is 10.5. The summed E-state index contributed by atoms with van der Waals surface area (Å²) in [5.74, 6) is 0.562. The Morgan fingerprint density at radius 2 is 2.09 bits per heavy atom. The monoisotopic (exact) mass is 355 g/mol. The number of anilines is 1. The molecular weight excluding hydrogens is 338 g/mol. The van der Waals surface area contributed by atoms with Crippen LogP contribution in [0.1, 0.15) is 12.5 Å². The molecule has 1 N–H and O–H groups in total. The molecule has 0 fully saturated rings. The second kappa shape index (κ2) is 7.85. The van der Waals surface area contributed by atoms with Crippen molar-refractivity contribution in [3.05, 3.63) is 23.8 Å². The Labute approximate surface area is 142 Å². The van der Waals surface area contributed by atoms with Crippen LogP contribution in [-0.4, -0.2) is 34.7 Å². The molecule has 1 atom stereocenters. The van der Waals surface area contributed by atoms with Crippen molar-refractivity contribution >= 4 is 46.5 Å². The van der Waals surface area contributed by atoms with Gasteiger partial charge in [0, 0.05) is 0 Å². The first-order valence-electron chi connectivity index (χ1n) is 6.53. The molecule has 0 aliphatic heterocycles. The predicted molar refractivity (Wildman–Crippen MR) is 93.4 cm³/mol. The van der Waals surface area contributed by atoms with Crippen molar-refractivity contribution in [3.63, 3.8) is 0 Å². The number of hydrogen-bond acceptors (Lipinski definition) is 7. The van der Waals surface area contributed by atoms with E-state index in [-0.39, 0.29) is 11.2 Å². The lowest BCUT2D eigenvalue weighted by atomic mass is 10.2. The second-order valence-corrected chi connectivity index (χ2v) is 8.11. The molecule has 5 nitrogen and oxygen atoms in total. The SMILES string of the molecule is COc1ccc(C)cc1NC(=O)[C@@H](C)Sc1nnc(SC)s1. The summed E-state index contributed by atoms with van der Waals surface area (Å²) < 4.78 is 6.97. The number of rotatable bonds is 6. The molecule has 118 valence electrons. The highest BCUT2D eigenvalue weighted by molar-refractivity contribution is 8.03. The molecule has 1 aromatic carbocycles. The highest BCUT2D eigenvalue weighted by atomic mass is 32.2. The maximum absolute atomic E-state index is 12.3. The molecule has 0 aliphatic rings. The zero-order valence-electron chi connectivity index (χ0n) is 12.7. The van der Waals surface area contributed by atoms with E-state index in [0.29, 0.717) is 11.4 Å². The minimum absolute atomic E-state index is 0.0881. The highest BCUT2D eigenvalue weighted by Crippen LogP contribution is 2.31. The van der Waals surface area contributed by atoms with Crippen LogP contribution in [0.25, 0.3) is 0 Å². The standard InChI is InChI=1S/C14H17N3O2S3/c1-8-5-6-11(19-3)10(7-8)15-12(18)9(2)21-14-17-16-13(20-4)22-14/h5-7,9H,1-4H3,(H,15,18)/t9-/m1/s1. The van der Waals surface area contributed by atoms with E-state index in [2.05, 4.69) is 15.5 Å². The number of aromatic nitrogens is 2. The van der Waals surface area contributed by atoms with Crippen LogP contribution >= 0.6 is 34.9 Å². The van der Waals surface area contributed by atoms with Crippen LogP contribution < -0.4 is 10.1 Å². The van der Waals surface area contributed by atoms with Crippen LogP contribution in [0.15, 0.2) is 26.9 Å². The van der Waals surface area contributed by atoms with Crippen LogP contribution in [-0.2, 0) is 4.79 Å². The number of nitrogens with zero attached hydrogens (tertiary/aromatic N) is 2. The summed E-state index contributed by atoms with van der Waals surface area (Å²) in [4.78, 5) is 12.3. The van der Waals surface area contributed by atoms with Crippen LogP contribution in [0, 0.1) is 6.92 Å². The van der Waals surface area contributed by atoms with Crippen molar-refractivity contribution in [1.82, 2.24) is 10.2 Å². The Hall–Kier alpha value is -1.25. The molecule has 1 aromatic heterocycles. The van der Waals surface area contributed by atoms with Gasteiger partial charge in [-0.3, -0.25) is 4.79 Å². The van der Waals surface area contributed by atoms with Gasteiger partial charge < -0.3 is 10.1 Å². The first-order valence-corrected chi connectivity index (χ1v) is 9.45. The van der Waals surface area contributed by atoms with Gasteiger partial charge in [-0.25, -0.2) is 0 Å². The van der Waals surface area contributed by atoms with Gasteiger partial charge in [0.2, 0.25) is 5.91 Å². The molecule has 0 saturated heterocycles. The molecule has 8 heteroatoms. The molecule has 0 saturated carbocycles. The van der Waals surface area contributed by atoms with E-state index in [0.717, 1.165) is 14.2 Å². The Morgan fingerprint density at radius 3 is 2.73 bits per heavy atom. The van der Waals surface area contributed by atoms with Crippen molar-refractivity contribution in [1.29, 1.82) is 0 Å². The van der Waals surface area contributed by atoms with Crippen molar-refractivity contribution in [2.45, 2.75) is 27.8 Å². The fourth-order valence-corrected chi connectivity index (χ4v) is 4.27. The third-order valence-electron chi connectivity index (χ3n) is 2.82. The summed E-state index contributed by atoms with van der Waals surface area (Å²) in [5.41, 5.74) is 1.74. The molecule has 22 heavy (non-hydrogen) atoms. The fraction of sp³-hybridized carbons (Fsp3) is 0.357. The number of carbonyl (C=O) groups excluding carboxylic acids is 1. The van der Waals surface area contributed by atoms with Gasteiger partial charge >= 0.3 is 0 Å². The van der Waals surface area contributed by atoms with Crippen molar-refractivity contribution in [3.8, 4) is 5.75 Å². The average molecular weight is 356 g/mol. The van der Waals surface area contributed by atoms with Crippen molar-refractivity contribution in [2.75, 3.05) is 18.7 Å². The molecule has 0 spiro atoms. The molecule has 0 unspecified atom stereocenters. The summed E-state index contributed by atoms with van der Waals surface area (Å²) in [5, 5.41) is 10.7. The van der Waals surface area contributed by atoms with E-state index < -0.39 is 0 Å². The lowest BCUT2D eigenvalue weighted by Crippen LogP contribution is -2.22. The van der Waals surface area contributed by atoms with Crippen LogP contribution in [0.4, 0.5) is 5.69 Å². The number of thioether (sulfide) groups is 2. The summed E-state index contributed by atoms with van der Waals surface area (Å²) in [6.07, 6.45) is 1.95. The topological polar surface area (TPSA) is 64.1 Å². The largest absolute Gasteiger partial charge is 0.495 e. The Morgan fingerprint density at radius 1 is 1.36 bits per heavy atom. The Kier molecular flexibility index (Phi) is 6.10. The number of carbonyl (C=O) groups is 1. The zero-order chi connectivity index (χ0) is 16.1. The smallest absolute Gasteiger partial charge is 0.237 e. The molecule has 1 heterocycles. The van der Waals surface area contributed by atoms with Crippen LogP contribution in [0.2, 0.25) is 0 Å². The highest BCUT2D eigenvalue weighted by Gasteiger charge is 2.18. The first kappa shape index (κ1) is 17.1. The number of benzene rings is 1. The number of aryl methyl sites for hydroxylation is 1. The van der Waals surface area contributed by atoms with Crippen LogP contribution in [0.5, 0.6) is 5.75 Å². The van der Waals surface area contributed by atoms with E-state index in [4.69, 9.17) is 4.74 Å². The quantitative estimate of drug-likeness (QED) is 0.797. The van der Waals surface area contributed by atoms with E-state index in [1.165, 1.54) is 23.1 Å². The Bertz CT molecular complexity index is 661. The molecule has 2 rings (SSSR count). The summed E-state index contributed by atoms with van der Waals surface area (Å²) in [7, 11) is 1.59. The Balaban J connectivity index is 2.03. The lowest BCUT2D eigenvalue weighted by Gasteiger charge is -2.13. The van der Waals surface area contributed by atoms with Crippen molar-refractivity contribution < 1.29 is 9.53 Å². The molecule has 0 aliphatic carbocycles. The van der Waals surface area contributed by atoms with E-state index in [1.807, 2.05) is 38.3 Å². The minimum atomic E-state index is -0.270. The number of hydrogen-bond donors (Lipinski definition) is 1. The normalized spacial score (nSPS) is 12.0. The van der Waals surface area contributed by atoms with E-state index in [1.54, 1.807) is 18.9 Å². The number of ether oxygens (including phenoxy) is 1. The fourth-order valence-electron chi connectivity index (χ4n) is 1.69. The minimum Gasteiger partial charge on any atom is -0.495 e. The van der Waals surface area contributed by atoms with Gasteiger partial charge in [-0.2, -0.15) is 0 Å². The average Bonchev–Trinajstić information content (AvgIpc) is 2.95. The van der Waals surface area contributed by atoms with Crippen LogP contribution in [0.3, 0.4) is 0 Å². The summed E-state index contributed by atoms with van der Waals surface area (Å²) in [6, 6.07) is 5.68. The molecule has 0 bridgehead atoms. The van der Waals surface area contributed by atoms with Gasteiger partial charge in [-0.1, -0.05) is 40.9 Å². The zero-order valence-corrected chi connectivity index (χ0v) is 15.2. The summed E-state index contributed by atoms with van der Waals surface area (Å²) >= 11 is 4.45. The number of nitrogens with one attached hydrogen (secondary N) is 1. The second-order valence-electron chi connectivity index (χ2n) is 4.49. The number of methoxy groups -OCH3 is 1. The lowest BCUT2D eigenvalue weighted by molar-refractivity contribution is -0.115. The maximum Gasteiger partial charge on any atom is 0.237 e. The molecule has 1 amide bonds. The molecule has 0 radical (unpaired) electrons. The van der Waals surface area contributed by atoms with Crippen molar-refractivity contribution in [2.24, 2.45) is 0 Å². The number of amides is 1. The molecular formula is C14H17N3O2S3. The predicted octanol–water partition coefficient (Wildman–Crippen LogP) is 3.70. The van der Waals surface area contributed by atoms with Gasteiger partial charge in [-0.05, 0) is 37.8 Å². The third-order valence-corrected chi connectivity index (χ3v) is 5.91. The van der Waals surface area contributed by atoms with Gasteiger partial charge in [-0.15, -0.1) is 10.2 Å². The van der Waals surface area contributed by atoms with E-state index in [9.17, 15) is 4.79 Å². The van der Waals surface area contributed by atoms with Gasteiger partial charge in [0.15, 0.2) is 8.68 Å².